The van der Waals surface area contributed by atoms with E-state index in [1.807, 2.05) is 12.5 Å². The summed E-state index contributed by atoms with van der Waals surface area (Å²) in [4.78, 5) is 9.13. The molecule has 90 valence electrons. The van der Waals surface area contributed by atoms with E-state index in [0.29, 0.717) is 6.04 Å². The van der Waals surface area contributed by atoms with Crippen molar-refractivity contribution >= 4 is 0 Å². The van der Waals surface area contributed by atoms with E-state index in [1.54, 1.807) is 0 Å². The second kappa shape index (κ2) is 4.97. The standard InChI is InChI=1S/C12H22N4/c1-4-15(5-2)9-12-8-14(3)7-11-6-13-10-16(11)12/h6,10,12H,4-5,7-9H2,1-3H3/t12-/m0/s1. The summed E-state index contributed by atoms with van der Waals surface area (Å²) in [6.45, 7) is 9.98. The summed E-state index contributed by atoms with van der Waals surface area (Å²) in [5, 5.41) is 0. The van der Waals surface area contributed by atoms with Gasteiger partial charge in [0.05, 0.1) is 18.1 Å². The second-order valence-corrected chi connectivity index (χ2v) is 4.63. The Balaban J connectivity index is 2.11. The van der Waals surface area contributed by atoms with Gasteiger partial charge in [0, 0.05) is 25.8 Å². The third kappa shape index (κ3) is 2.28. The number of hydrogen-bond donors (Lipinski definition) is 0. The van der Waals surface area contributed by atoms with Gasteiger partial charge >= 0.3 is 0 Å². The summed E-state index contributed by atoms with van der Waals surface area (Å²) in [7, 11) is 2.19. The molecule has 1 aliphatic rings. The number of aromatic nitrogens is 2. The van der Waals surface area contributed by atoms with Crippen molar-refractivity contribution in [3.63, 3.8) is 0 Å². The van der Waals surface area contributed by atoms with Crippen LogP contribution < -0.4 is 0 Å². The van der Waals surface area contributed by atoms with Crippen molar-refractivity contribution in [1.82, 2.24) is 19.4 Å². The van der Waals surface area contributed by atoms with E-state index in [-0.39, 0.29) is 0 Å². The lowest BCUT2D eigenvalue weighted by molar-refractivity contribution is 0.171. The van der Waals surface area contributed by atoms with E-state index >= 15 is 0 Å². The summed E-state index contributed by atoms with van der Waals surface area (Å²) < 4.78 is 2.35. The van der Waals surface area contributed by atoms with Crippen molar-refractivity contribution in [2.75, 3.05) is 33.2 Å². The van der Waals surface area contributed by atoms with E-state index < -0.39 is 0 Å². The average molecular weight is 222 g/mol. The fourth-order valence-corrected chi connectivity index (χ4v) is 2.50. The molecule has 0 amide bonds. The third-order valence-electron chi connectivity index (χ3n) is 3.46. The van der Waals surface area contributed by atoms with Crippen molar-refractivity contribution < 1.29 is 0 Å². The molecule has 0 unspecified atom stereocenters. The van der Waals surface area contributed by atoms with Gasteiger partial charge < -0.3 is 9.47 Å². The molecule has 0 bridgehead atoms. The van der Waals surface area contributed by atoms with Crippen molar-refractivity contribution in [3.05, 3.63) is 18.2 Å². The van der Waals surface area contributed by atoms with Gasteiger partial charge in [-0.05, 0) is 20.1 Å². The van der Waals surface area contributed by atoms with Crippen LogP contribution in [0.2, 0.25) is 0 Å². The van der Waals surface area contributed by atoms with Gasteiger partial charge in [0.15, 0.2) is 0 Å². The summed E-state index contributed by atoms with van der Waals surface area (Å²) in [5.41, 5.74) is 1.34. The van der Waals surface area contributed by atoms with Crippen molar-refractivity contribution in [2.45, 2.75) is 26.4 Å². The first kappa shape index (κ1) is 11.6. The Morgan fingerprint density at radius 3 is 2.88 bits per heavy atom. The predicted octanol–water partition coefficient (Wildman–Crippen LogP) is 1.21. The first-order chi connectivity index (χ1) is 7.74. The summed E-state index contributed by atoms with van der Waals surface area (Å²) in [6, 6.07) is 0.552. The summed E-state index contributed by atoms with van der Waals surface area (Å²) in [5.74, 6) is 0. The highest BCUT2D eigenvalue weighted by molar-refractivity contribution is 5.04. The molecule has 1 aliphatic heterocycles. The van der Waals surface area contributed by atoms with Crippen LogP contribution in [0.25, 0.3) is 0 Å². The van der Waals surface area contributed by atoms with Gasteiger partial charge in [-0.15, -0.1) is 0 Å². The molecule has 0 aliphatic carbocycles. The molecule has 0 aromatic carbocycles. The lowest BCUT2D eigenvalue weighted by Gasteiger charge is -2.34. The van der Waals surface area contributed by atoms with Crippen LogP contribution >= 0.6 is 0 Å². The van der Waals surface area contributed by atoms with E-state index in [9.17, 15) is 0 Å². The minimum absolute atomic E-state index is 0.552. The lowest BCUT2D eigenvalue weighted by Crippen LogP contribution is -2.40. The van der Waals surface area contributed by atoms with Gasteiger partial charge in [0.25, 0.3) is 0 Å². The Bertz CT molecular complexity index is 330. The van der Waals surface area contributed by atoms with E-state index in [2.05, 4.69) is 40.2 Å². The van der Waals surface area contributed by atoms with E-state index in [4.69, 9.17) is 0 Å². The zero-order chi connectivity index (χ0) is 11.5. The smallest absolute Gasteiger partial charge is 0.0952 e. The first-order valence-electron chi connectivity index (χ1n) is 6.16. The molecule has 1 atom stereocenters. The maximum atomic E-state index is 4.27. The second-order valence-electron chi connectivity index (χ2n) is 4.63. The SMILES string of the molecule is CCN(CC)C[C@@H]1CN(C)Cc2cncn21. The van der Waals surface area contributed by atoms with Gasteiger partial charge in [-0.2, -0.15) is 0 Å². The Hall–Kier alpha value is -0.870. The van der Waals surface area contributed by atoms with Crippen LogP contribution in [-0.4, -0.2) is 52.6 Å². The van der Waals surface area contributed by atoms with Gasteiger partial charge in [-0.1, -0.05) is 13.8 Å². The molecule has 16 heavy (non-hydrogen) atoms. The molecule has 2 heterocycles. The number of rotatable bonds is 4. The van der Waals surface area contributed by atoms with Crippen LogP contribution in [0, 0.1) is 0 Å². The Morgan fingerprint density at radius 2 is 2.19 bits per heavy atom. The van der Waals surface area contributed by atoms with Gasteiger partial charge in [0.1, 0.15) is 0 Å². The fraction of sp³-hybridized carbons (Fsp3) is 0.750. The molecule has 2 rings (SSSR count). The molecule has 0 saturated carbocycles. The average Bonchev–Trinajstić information content (AvgIpc) is 2.73. The monoisotopic (exact) mass is 222 g/mol. The Morgan fingerprint density at radius 1 is 1.44 bits per heavy atom. The number of hydrogen-bond acceptors (Lipinski definition) is 3. The quantitative estimate of drug-likeness (QED) is 0.765. The zero-order valence-corrected chi connectivity index (χ0v) is 10.6. The molecule has 1 aromatic rings. The van der Waals surface area contributed by atoms with Crippen LogP contribution in [0.15, 0.2) is 12.5 Å². The van der Waals surface area contributed by atoms with Gasteiger partial charge in [-0.25, -0.2) is 4.98 Å². The maximum absolute atomic E-state index is 4.27. The zero-order valence-electron chi connectivity index (χ0n) is 10.6. The molecule has 0 radical (unpaired) electrons. The molecule has 0 fully saturated rings. The largest absolute Gasteiger partial charge is 0.328 e. The van der Waals surface area contributed by atoms with Crippen LogP contribution in [-0.2, 0) is 6.54 Å². The van der Waals surface area contributed by atoms with Crippen molar-refractivity contribution in [3.8, 4) is 0 Å². The Labute approximate surface area is 97.9 Å². The molecule has 0 N–H and O–H groups in total. The molecule has 0 spiro atoms. The van der Waals surface area contributed by atoms with E-state index in [0.717, 1.165) is 32.7 Å². The number of nitrogens with zero attached hydrogens (tertiary/aromatic N) is 4. The molecule has 1 aromatic heterocycles. The molecule has 4 heteroatoms. The van der Waals surface area contributed by atoms with Crippen molar-refractivity contribution in [1.29, 1.82) is 0 Å². The Kier molecular flexibility index (Phi) is 3.61. The molecule has 4 nitrogen and oxygen atoms in total. The minimum atomic E-state index is 0.552. The lowest BCUT2D eigenvalue weighted by atomic mass is 10.2. The normalized spacial score (nSPS) is 21.4. The van der Waals surface area contributed by atoms with Gasteiger partial charge in [0.2, 0.25) is 0 Å². The molecular weight excluding hydrogens is 200 g/mol. The summed E-state index contributed by atoms with van der Waals surface area (Å²) in [6.07, 6.45) is 3.97. The van der Waals surface area contributed by atoms with Gasteiger partial charge in [-0.3, -0.25) is 4.90 Å². The maximum Gasteiger partial charge on any atom is 0.0952 e. The van der Waals surface area contributed by atoms with Crippen LogP contribution in [0.4, 0.5) is 0 Å². The predicted molar refractivity (Wildman–Crippen MR) is 65.4 cm³/mol. The van der Waals surface area contributed by atoms with Crippen LogP contribution in [0.3, 0.4) is 0 Å². The first-order valence-corrected chi connectivity index (χ1v) is 6.16. The number of imidazole rings is 1. The highest BCUT2D eigenvalue weighted by Gasteiger charge is 2.23. The number of likely N-dealkylation sites (N-methyl/N-ethyl adjacent to an activating group) is 2. The molecular formula is C12H22N4. The highest BCUT2D eigenvalue weighted by atomic mass is 15.3. The number of fused-ring (bicyclic) bond motifs is 1. The molecule has 0 saturated heterocycles. The van der Waals surface area contributed by atoms with Crippen molar-refractivity contribution in [2.24, 2.45) is 0 Å². The summed E-state index contributed by atoms with van der Waals surface area (Å²) >= 11 is 0. The van der Waals surface area contributed by atoms with Crippen LogP contribution in [0.1, 0.15) is 25.6 Å². The minimum Gasteiger partial charge on any atom is -0.328 e. The fourth-order valence-electron chi connectivity index (χ4n) is 2.50. The highest BCUT2D eigenvalue weighted by Crippen LogP contribution is 2.20. The topological polar surface area (TPSA) is 24.3 Å². The van der Waals surface area contributed by atoms with Crippen LogP contribution in [0.5, 0.6) is 0 Å². The van der Waals surface area contributed by atoms with E-state index in [1.165, 1.54) is 5.69 Å². The third-order valence-corrected chi connectivity index (χ3v) is 3.46.